The average molecular weight is 363 g/mol. The lowest BCUT2D eigenvalue weighted by atomic mass is 10.1. The minimum atomic E-state index is -0.119. The number of aryl methyl sites for hydroxylation is 1. The summed E-state index contributed by atoms with van der Waals surface area (Å²) in [6.07, 6.45) is 0.657. The van der Waals surface area contributed by atoms with Crippen LogP contribution in [0.15, 0.2) is 16.7 Å². The molecule has 0 aliphatic heterocycles. The third-order valence-electron chi connectivity index (χ3n) is 3.83. The number of aromatic nitrogens is 2. The molecule has 8 nitrogen and oxygen atoms in total. The quantitative estimate of drug-likeness (QED) is 0.731. The van der Waals surface area contributed by atoms with E-state index in [-0.39, 0.29) is 18.2 Å². The molecule has 0 unspecified atom stereocenters. The molecule has 0 radical (unpaired) electrons. The predicted molar refractivity (Wildman–Crippen MR) is 94.7 cm³/mol. The van der Waals surface area contributed by atoms with Crippen LogP contribution < -0.4 is 19.5 Å². The van der Waals surface area contributed by atoms with E-state index >= 15 is 0 Å². The highest BCUT2D eigenvalue weighted by Gasteiger charge is 2.14. The minimum absolute atomic E-state index is 0.119. The number of carbonyl (C=O) groups is 1. The van der Waals surface area contributed by atoms with Crippen LogP contribution in [0, 0.1) is 0 Å². The van der Waals surface area contributed by atoms with E-state index in [0.29, 0.717) is 41.9 Å². The van der Waals surface area contributed by atoms with Crippen molar-refractivity contribution in [1.29, 1.82) is 0 Å². The molecule has 1 amide bonds. The SMILES string of the molecule is COc1cc(OC)c(OC)cc1CNC(=O)CCc1nc(C(C)C)no1. The van der Waals surface area contributed by atoms with E-state index in [4.69, 9.17) is 18.7 Å². The summed E-state index contributed by atoms with van der Waals surface area (Å²) in [7, 11) is 4.68. The van der Waals surface area contributed by atoms with E-state index in [1.807, 2.05) is 13.8 Å². The van der Waals surface area contributed by atoms with Crippen LogP contribution in [0.4, 0.5) is 0 Å². The Bertz CT molecular complexity index is 742. The Morgan fingerprint density at radius 3 is 2.35 bits per heavy atom. The van der Waals surface area contributed by atoms with E-state index < -0.39 is 0 Å². The van der Waals surface area contributed by atoms with Gasteiger partial charge in [-0.05, 0) is 6.07 Å². The molecular formula is C18H25N3O5. The molecule has 0 aliphatic carbocycles. The van der Waals surface area contributed by atoms with E-state index in [1.54, 1.807) is 33.5 Å². The topological polar surface area (TPSA) is 95.7 Å². The van der Waals surface area contributed by atoms with Crippen molar-refractivity contribution < 1.29 is 23.5 Å². The molecule has 0 atom stereocenters. The van der Waals surface area contributed by atoms with Crippen molar-refractivity contribution in [2.45, 2.75) is 39.2 Å². The van der Waals surface area contributed by atoms with Crippen LogP contribution in [0.2, 0.25) is 0 Å². The number of nitrogens with zero attached hydrogens (tertiary/aromatic N) is 2. The number of amides is 1. The molecule has 0 aliphatic rings. The largest absolute Gasteiger partial charge is 0.496 e. The lowest BCUT2D eigenvalue weighted by Gasteiger charge is -2.14. The fourth-order valence-corrected chi connectivity index (χ4v) is 2.34. The van der Waals surface area contributed by atoms with Crippen molar-refractivity contribution in [2.24, 2.45) is 0 Å². The molecule has 1 heterocycles. The zero-order valence-corrected chi connectivity index (χ0v) is 15.8. The van der Waals surface area contributed by atoms with Crippen LogP contribution in [0.1, 0.15) is 43.5 Å². The Morgan fingerprint density at radius 2 is 1.77 bits per heavy atom. The van der Waals surface area contributed by atoms with E-state index in [2.05, 4.69) is 15.5 Å². The molecular weight excluding hydrogens is 338 g/mol. The molecule has 0 spiro atoms. The van der Waals surface area contributed by atoms with E-state index in [0.717, 1.165) is 5.56 Å². The first-order valence-corrected chi connectivity index (χ1v) is 8.36. The van der Waals surface area contributed by atoms with Gasteiger partial charge >= 0.3 is 0 Å². The molecule has 0 saturated carbocycles. The number of ether oxygens (including phenoxy) is 3. The molecule has 2 rings (SSSR count). The van der Waals surface area contributed by atoms with Gasteiger partial charge in [0.1, 0.15) is 5.75 Å². The third kappa shape index (κ3) is 4.87. The maximum absolute atomic E-state index is 12.1. The molecule has 1 aromatic carbocycles. The number of carbonyl (C=O) groups excluding carboxylic acids is 1. The molecule has 8 heteroatoms. The summed E-state index contributed by atoms with van der Waals surface area (Å²) in [6.45, 7) is 4.28. The lowest BCUT2D eigenvalue weighted by Crippen LogP contribution is -2.23. The molecule has 0 bridgehead atoms. The van der Waals surface area contributed by atoms with Crippen LogP contribution in [-0.2, 0) is 17.8 Å². The Kier molecular flexibility index (Phi) is 6.82. The van der Waals surface area contributed by atoms with E-state index in [9.17, 15) is 4.79 Å². The third-order valence-corrected chi connectivity index (χ3v) is 3.83. The molecule has 1 aromatic heterocycles. The van der Waals surface area contributed by atoms with Gasteiger partial charge in [-0.2, -0.15) is 4.98 Å². The Morgan fingerprint density at radius 1 is 1.12 bits per heavy atom. The standard InChI is InChI=1S/C18H25N3O5/c1-11(2)18-20-17(26-21-18)7-6-16(22)19-10-12-8-14(24-4)15(25-5)9-13(12)23-3/h8-9,11H,6-7,10H2,1-5H3,(H,19,22). The zero-order valence-electron chi connectivity index (χ0n) is 15.8. The predicted octanol–water partition coefficient (Wildman–Crippen LogP) is 2.47. The number of hydrogen-bond donors (Lipinski definition) is 1. The summed E-state index contributed by atoms with van der Waals surface area (Å²) in [6, 6.07) is 3.51. The zero-order chi connectivity index (χ0) is 19.1. The first-order chi connectivity index (χ1) is 12.5. The van der Waals surface area contributed by atoms with Gasteiger partial charge in [-0.3, -0.25) is 4.79 Å². The van der Waals surface area contributed by atoms with Crippen molar-refractivity contribution in [2.75, 3.05) is 21.3 Å². The molecule has 1 N–H and O–H groups in total. The molecule has 0 fully saturated rings. The van der Waals surface area contributed by atoms with Gasteiger partial charge in [0.15, 0.2) is 17.3 Å². The van der Waals surface area contributed by atoms with Gasteiger partial charge in [0.2, 0.25) is 11.8 Å². The first-order valence-electron chi connectivity index (χ1n) is 8.36. The summed E-state index contributed by atoms with van der Waals surface area (Å²) in [5, 5.41) is 6.74. The second-order valence-corrected chi connectivity index (χ2v) is 6.00. The fourth-order valence-electron chi connectivity index (χ4n) is 2.34. The van der Waals surface area contributed by atoms with Gasteiger partial charge in [0, 0.05) is 36.9 Å². The lowest BCUT2D eigenvalue weighted by molar-refractivity contribution is -0.121. The van der Waals surface area contributed by atoms with Gasteiger partial charge in [-0.1, -0.05) is 19.0 Å². The normalized spacial score (nSPS) is 10.7. The summed E-state index contributed by atoms with van der Waals surface area (Å²) in [4.78, 5) is 16.4. The van der Waals surface area contributed by atoms with Crippen LogP contribution in [0.3, 0.4) is 0 Å². The monoisotopic (exact) mass is 363 g/mol. The molecule has 142 valence electrons. The maximum atomic E-state index is 12.1. The highest BCUT2D eigenvalue weighted by molar-refractivity contribution is 5.76. The van der Waals surface area contributed by atoms with Gasteiger partial charge < -0.3 is 24.1 Å². The minimum Gasteiger partial charge on any atom is -0.496 e. The van der Waals surface area contributed by atoms with Crippen molar-refractivity contribution in [3.05, 3.63) is 29.4 Å². The van der Waals surface area contributed by atoms with Gasteiger partial charge in [-0.15, -0.1) is 0 Å². The molecule has 2 aromatic rings. The number of hydrogen-bond acceptors (Lipinski definition) is 7. The average Bonchev–Trinajstić information content (AvgIpc) is 3.13. The second kappa shape index (κ2) is 9.07. The van der Waals surface area contributed by atoms with Gasteiger partial charge in [-0.25, -0.2) is 0 Å². The number of benzene rings is 1. The Labute approximate surface area is 152 Å². The number of methoxy groups -OCH3 is 3. The fraction of sp³-hybridized carbons (Fsp3) is 0.500. The number of rotatable bonds is 9. The summed E-state index contributed by atoms with van der Waals surface area (Å²) in [5.41, 5.74) is 0.790. The maximum Gasteiger partial charge on any atom is 0.227 e. The summed E-state index contributed by atoms with van der Waals surface area (Å²) < 4.78 is 21.0. The first kappa shape index (κ1) is 19.6. The van der Waals surface area contributed by atoms with Gasteiger partial charge in [0.05, 0.1) is 21.3 Å². The summed E-state index contributed by atoms with van der Waals surface area (Å²) >= 11 is 0. The Balaban J connectivity index is 1.93. The summed E-state index contributed by atoms with van der Waals surface area (Å²) in [5.74, 6) is 2.94. The smallest absolute Gasteiger partial charge is 0.227 e. The van der Waals surface area contributed by atoms with Crippen molar-refractivity contribution in [3.8, 4) is 17.2 Å². The van der Waals surface area contributed by atoms with E-state index in [1.165, 1.54) is 0 Å². The van der Waals surface area contributed by atoms with Crippen LogP contribution in [0.5, 0.6) is 17.2 Å². The highest BCUT2D eigenvalue weighted by atomic mass is 16.5. The van der Waals surface area contributed by atoms with Crippen molar-refractivity contribution in [3.63, 3.8) is 0 Å². The molecule has 0 saturated heterocycles. The van der Waals surface area contributed by atoms with Crippen molar-refractivity contribution in [1.82, 2.24) is 15.5 Å². The molecule has 26 heavy (non-hydrogen) atoms. The van der Waals surface area contributed by atoms with Gasteiger partial charge in [0.25, 0.3) is 0 Å². The van der Waals surface area contributed by atoms with Crippen LogP contribution >= 0.6 is 0 Å². The van der Waals surface area contributed by atoms with Crippen molar-refractivity contribution >= 4 is 5.91 Å². The Hall–Kier alpha value is -2.77. The van der Waals surface area contributed by atoms with Crippen LogP contribution in [0.25, 0.3) is 0 Å². The highest BCUT2D eigenvalue weighted by Crippen LogP contribution is 2.34. The van der Waals surface area contributed by atoms with Crippen LogP contribution in [-0.4, -0.2) is 37.4 Å². The number of nitrogens with one attached hydrogen (secondary N) is 1. The second-order valence-electron chi connectivity index (χ2n) is 6.00.